The third-order valence-corrected chi connectivity index (χ3v) is 2.77. The summed E-state index contributed by atoms with van der Waals surface area (Å²) in [5.74, 6) is -0.609. The van der Waals surface area contributed by atoms with Gasteiger partial charge in [0.05, 0.1) is 6.10 Å². The van der Waals surface area contributed by atoms with Crippen LogP contribution in [0.2, 0.25) is 0 Å². The predicted octanol–water partition coefficient (Wildman–Crippen LogP) is 2.21. The van der Waals surface area contributed by atoms with Crippen molar-refractivity contribution in [3.05, 3.63) is 0 Å². The van der Waals surface area contributed by atoms with Crippen LogP contribution >= 0.6 is 7.75 Å². The van der Waals surface area contributed by atoms with Crippen LogP contribution in [0.5, 0.6) is 0 Å². The Hall–Kier alpha value is -0.380. The van der Waals surface area contributed by atoms with Crippen LogP contribution in [0.3, 0.4) is 0 Å². The molecule has 0 radical (unpaired) electrons. The number of carbonyl (C=O) groups is 1. The molecule has 0 aliphatic heterocycles. The second-order valence-electron chi connectivity index (χ2n) is 2.90. The van der Waals surface area contributed by atoms with Crippen LogP contribution in [0.15, 0.2) is 0 Å². The molecule has 0 fully saturated rings. The zero-order valence-electron chi connectivity index (χ0n) is 8.86. The highest BCUT2D eigenvalue weighted by Crippen LogP contribution is 2.41. The average molecular weight is 223 g/mol. The smallest absolute Gasteiger partial charge is 0.380 e. The highest BCUT2D eigenvalue weighted by molar-refractivity contribution is 7.51. The molecule has 1 atom stereocenters. The highest BCUT2D eigenvalue weighted by Gasteiger charge is 2.25. The van der Waals surface area contributed by atoms with Crippen molar-refractivity contribution >= 4 is 13.7 Å². The van der Waals surface area contributed by atoms with Crippen molar-refractivity contribution in [2.75, 3.05) is 0 Å². The summed E-state index contributed by atoms with van der Waals surface area (Å²) in [6.07, 6.45) is 1.27. The van der Waals surface area contributed by atoms with Gasteiger partial charge in [0.2, 0.25) is 0 Å². The molecule has 14 heavy (non-hydrogen) atoms. The Morgan fingerprint density at radius 2 is 1.86 bits per heavy atom. The molecule has 84 valence electrons. The van der Waals surface area contributed by atoms with E-state index in [1.807, 2.05) is 13.8 Å². The van der Waals surface area contributed by atoms with Crippen LogP contribution < -0.4 is 5.50 Å². The molecule has 0 heterocycles. The van der Waals surface area contributed by atoms with Gasteiger partial charge in [-0.2, -0.15) is 0 Å². The molecule has 0 aromatic heterocycles. The van der Waals surface area contributed by atoms with Gasteiger partial charge in [-0.15, -0.1) is 0 Å². The average Bonchev–Trinajstić information content (AvgIpc) is 2.13. The molecular weight excluding hydrogens is 205 g/mol. The van der Waals surface area contributed by atoms with Crippen LogP contribution in [0.25, 0.3) is 0 Å². The van der Waals surface area contributed by atoms with Crippen molar-refractivity contribution in [3.63, 3.8) is 0 Å². The first-order valence-electron chi connectivity index (χ1n) is 4.74. The standard InChI is InChI=1S/C8H18NO4P/c1-4-7(5-2)12-14(9,11)13-8(10)6-3/h7H,4-6H2,1-3H3,(H2,9,11). The van der Waals surface area contributed by atoms with Crippen LogP contribution in [-0.4, -0.2) is 12.1 Å². The van der Waals surface area contributed by atoms with Crippen LogP contribution in [0.1, 0.15) is 40.0 Å². The third-order valence-electron chi connectivity index (χ3n) is 1.72. The van der Waals surface area contributed by atoms with Gasteiger partial charge in [0.25, 0.3) is 0 Å². The number of hydrogen-bond acceptors (Lipinski definition) is 4. The summed E-state index contributed by atoms with van der Waals surface area (Å²) < 4.78 is 20.9. The molecule has 0 aliphatic carbocycles. The Kier molecular flexibility index (Phi) is 6.00. The van der Waals surface area contributed by atoms with Gasteiger partial charge in [-0.05, 0) is 12.8 Å². The van der Waals surface area contributed by atoms with Gasteiger partial charge in [0.1, 0.15) is 0 Å². The van der Waals surface area contributed by atoms with Gasteiger partial charge in [-0.3, -0.25) is 9.32 Å². The fourth-order valence-corrected chi connectivity index (χ4v) is 2.04. The van der Waals surface area contributed by atoms with Crippen molar-refractivity contribution in [3.8, 4) is 0 Å². The van der Waals surface area contributed by atoms with Gasteiger partial charge < -0.3 is 4.52 Å². The molecule has 5 nitrogen and oxygen atoms in total. The summed E-state index contributed by atoms with van der Waals surface area (Å²) in [6, 6.07) is 0. The second kappa shape index (κ2) is 6.17. The minimum Gasteiger partial charge on any atom is -0.380 e. The molecule has 6 heteroatoms. The summed E-state index contributed by atoms with van der Waals surface area (Å²) in [5, 5.41) is 0. The van der Waals surface area contributed by atoms with Crippen LogP contribution in [0, 0.1) is 0 Å². The minimum atomic E-state index is -3.70. The van der Waals surface area contributed by atoms with E-state index in [1.54, 1.807) is 6.92 Å². The number of hydrogen-bond donors (Lipinski definition) is 1. The monoisotopic (exact) mass is 223 g/mol. The lowest BCUT2D eigenvalue weighted by molar-refractivity contribution is -0.134. The molecule has 0 saturated heterocycles. The van der Waals surface area contributed by atoms with Gasteiger partial charge in [0, 0.05) is 6.42 Å². The van der Waals surface area contributed by atoms with Crippen molar-refractivity contribution in [2.45, 2.75) is 46.1 Å². The summed E-state index contributed by atoms with van der Waals surface area (Å²) >= 11 is 0. The minimum absolute atomic E-state index is 0.132. The first-order chi connectivity index (χ1) is 6.45. The van der Waals surface area contributed by atoms with E-state index in [-0.39, 0.29) is 12.5 Å². The van der Waals surface area contributed by atoms with E-state index in [0.717, 1.165) is 0 Å². The molecule has 0 bridgehead atoms. The lowest BCUT2D eigenvalue weighted by Gasteiger charge is -2.18. The lowest BCUT2D eigenvalue weighted by atomic mass is 10.2. The molecule has 0 aromatic rings. The van der Waals surface area contributed by atoms with E-state index in [4.69, 9.17) is 10.0 Å². The molecule has 0 saturated carbocycles. The Bertz CT molecular complexity index is 227. The maximum absolute atomic E-state index is 11.4. The van der Waals surface area contributed by atoms with E-state index in [1.165, 1.54) is 0 Å². The third kappa shape index (κ3) is 5.37. The Labute approximate surface area is 84.5 Å². The van der Waals surface area contributed by atoms with Crippen molar-refractivity contribution in [1.82, 2.24) is 0 Å². The molecule has 2 N–H and O–H groups in total. The molecule has 0 aliphatic rings. The van der Waals surface area contributed by atoms with E-state index >= 15 is 0 Å². The molecular formula is C8H18NO4P. The zero-order valence-corrected chi connectivity index (χ0v) is 9.75. The van der Waals surface area contributed by atoms with E-state index < -0.39 is 13.7 Å². The number of carbonyl (C=O) groups excluding carboxylic acids is 1. The van der Waals surface area contributed by atoms with Crippen molar-refractivity contribution in [2.24, 2.45) is 5.50 Å². The molecule has 1 unspecified atom stereocenters. The van der Waals surface area contributed by atoms with Crippen molar-refractivity contribution in [1.29, 1.82) is 0 Å². The summed E-state index contributed by atoms with van der Waals surface area (Å²) in [5.41, 5.74) is 5.24. The van der Waals surface area contributed by atoms with Crippen LogP contribution in [-0.2, 0) is 18.4 Å². The molecule has 0 spiro atoms. The first-order valence-corrected chi connectivity index (χ1v) is 6.35. The maximum Gasteiger partial charge on any atom is 0.458 e. The summed E-state index contributed by atoms with van der Waals surface area (Å²) in [6.45, 7) is 5.37. The lowest BCUT2D eigenvalue weighted by Crippen LogP contribution is -2.16. The number of rotatable bonds is 6. The largest absolute Gasteiger partial charge is 0.458 e. The van der Waals surface area contributed by atoms with Crippen molar-refractivity contribution < 1.29 is 18.4 Å². The molecule has 0 rings (SSSR count). The number of nitrogens with two attached hydrogens (primary N) is 1. The molecule has 0 aromatic carbocycles. The predicted molar refractivity (Wildman–Crippen MR) is 53.6 cm³/mol. The highest BCUT2D eigenvalue weighted by atomic mass is 31.2. The van der Waals surface area contributed by atoms with Crippen LogP contribution in [0.4, 0.5) is 0 Å². The first kappa shape index (κ1) is 13.6. The SMILES string of the molecule is CCC(=O)OP(N)(=O)OC(CC)CC. The van der Waals surface area contributed by atoms with Gasteiger partial charge in [-0.25, -0.2) is 10.1 Å². The Balaban J connectivity index is 4.18. The topological polar surface area (TPSA) is 78.6 Å². The van der Waals surface area contributed by atoms with Gasteiger partial charge in [0.15, 0.2) is 0 Å². The fourth-order valence-electron chi connectivity index (χ4n) is 0.874. The normalized spacial score (nSPS) is 15.2. The quantitative estimate of drug-likeness (QED) is 0.698. The Morgan fingerprint density at radius 3 is 2.21 bits per heavy atom. The van der Waals surface area contributed by atoms with E-state index in [0.29, 0.717) is 12.8 Å². The van der Waals surface area contributed by atoms with Gasteiger partial charge in [-0.1, -0.05) is 20.8 Å². The summed E-state index contributed by atoms with van der Waals surface area (Å²) in [7, 11) is -3.70. The maximum atomic E-state index is 11.4. The summed E-state index contributed by atoms with van der Waals surface area (Å²) in [4.78, 5) is 10.8. The van der Waals surface area contributed by atoms with E-state index in [2.05, 4.69) is 4.52 Å². The fraction of sp³-hybridized carbons (Fsp3) is 0.875. The zero-order chi connectivity index (χ0) is 11.2. The van der Waals surface area contributed by atoms with Gasteiger partial charge >= 0.3 is 13.7 Å². The molecule has 0 amide bonds. The second-order valence-corrected chi connectivity index (χ2v) is 4.37. The van der Waals surface area contributed by atoms with E-state index in [9.17, 15) is 9.36 Å². The Morgan fingerprint density at radius 1 is 1.36 bits per heavy atom.